The third-order valence-electron chi connectivity index (χ3n) is 1.87. The number of alkyl carbamates (subject to hydrolysis) is 1. The molecule has 1 aromatic carbocycles. The topological polar surface area (TPSA) is 38.3 Å². The molecule has 16 heavy (non-hydrogen) atoms. The molecule has 0 aliphatic rings. The first-order chi connectivity index (χ1) is 7.58. The van der Waals surface area contributed by atoms with Crippen LogP contribution in [0.25, 0.3) is 0 Å². The Labute approximate surface area is 104 Å². The quantitative estimate of drug-likeness (QED) is 0.922. The number of ether oxygens (including phenoxy) is 1. The molecular formula is C12H16BrNO2. The van der Waals surface area contributed by atoms with Crippen LogP contribution in [0, 0.1) is 5.92 Å². The van der Waals surface area contributed by atoms with Crippen LogP contribution in [-0.2, 0) is 11.3 Å². The number of halogens is 1. The van der Waals surface area contributed by atoms with Crippen LogP contribution in [-0.4, -0.2) is 12.7 Å². The molecule has 1 aromatic rings. The fraction of sp³-hybridized carbons (Fsp3) is 0.417. The van der Waals surface area contributed by atoms with Gasteiger partial charge in [0.25, 0.3) is 0 Å². The second kappa shape index (κ2) is 6.53. The van der Waals surface area contributed by atoms with Gasteiger partial charge in [-0.3, -0.25) is 0 Å². The third kappa shape index (κ3) is 5.16. The van der Waals surface area contributed by atoms with E-state index in [0.29, 0.717) is 19.1 Å². The molecule has 4 heteroatoms. The molecule has 0 spiro atoms. The Morgan fingerprint density at radius 3 is 2.88 bits per heavy atom. The van der Waals surface area contributed by atoms with E-state index in [0.717, 1.165) is 10.0 Å². The van der Waals surface area contributed by atoms with Crippen LogP contribution in [0.3, 0.4) is 0 Å². The molecule has 0 aliphatic carbocycles. The second-order valence-corrected chi connectivity index (χ2v) is 4.89. The van der Waals surface area contributed by atoms with Crippen molar-refractivity contribution in [1.29, 1.82) is 0 Å². The molecule has 0 radical (unpaired) electrons. The lowest BCUT2D eigenvalue weighted by molar-refractivity contribution is 0.132. The minimum Gasteiger partial charge on any atom is -0.449 e. The van der Waals surface area contributed by atoms with Crippen LogP contribution in [0.2, 0.25) is 0 Å². The van der Waals surface area contributed by atoms with Crippen molar-refractivity contribution in [3.8, 4) is 0 Å². The Hall–Kier alpha value is -1.03. The van der Waals surface area contributed by atoms with Gasteiger partial charge < -0.3 is 10.1 Å². The highest BCUT2D eigenvalue weighted by molar-refractivity contribution is 9.10. The number of hydrogen-bond acceptors (Lipinski definition) is 2. The molecule has 0 heterocycles. The summed E-state index contributed by atoms with van der Waals surface area (Å²) in [5.41, 5.74) is 1.04. The number of hydrogen-bond donors (Lipinski definition) is 1. The Kier molecular flexibility index (Phi) is 5.32. The van der Waals surface area contributed by atoms with E-state index in [9.17, 15) is 4.79 Å². The van der Waals surface area contributed by atoms with Gasteiger partial charge in [-0.2, -0.15) is 0 Å². The van der Waals surface area contributed by atoms with E-state index in [1.54, 1.807) is 0 Å². The van der Waals surface area contributed by atoms with Gasteiger partial charge in [-0.15, -0.1) is 0 Å². The van der Waals surface area contributed by atoms with Crippen LogP contribution >= 0.6 is 15.9 Å². The Bertz CT molecular complexity index is 353. The molecule has 1 rings (SSSR count). The number of nitrogens with one attached hydrogen (secondary N) is 1. The van der Waals surface area contributed by atoms with Crippen molar-refractivity contribution in [2.24, 2.45) is 5.92 Å². The van der Waals surface area contributed by atoms with E-state index in [1.165, 1.54) is 0 Å². The summed E-state index contributed by atoms with van der Waals surface area (Å²) in [5, 5.41) is 2.70. The summed E-state index contributed by atoms with van der Waals surface area (Å²) in [6.45, 7) is 4.93. The number of amides is 1. The molecular weight excluding hydrogens is 270 g/mol. The molecule has 1 N–H and O–H groups in total. The van der Waals surface area contributed by atoms with E-state index < -0.39 is 0 Å². The van der Waals surface area contributed by atoms with Gasteiger partial charge in [0, 0.05) is 11.0 Å². The lowest BCUT2D eigenvalue weighted by Gasteiger charge is -2.08. The first kappa shape index (κ1) is 13.0. The predicted molar refractivity (Wildman–Crippen MR) is 67.2 cm³/mol. The molecule has 3 nitrogen and oxygen atoms in total. The third-order valence-corrected chi connectivity index (χ3v) is 2.37. The molecule has 0 bridgehead atoms. The number of carbonyl (C=O) groups is 1. The molecule has 1 amide bonds. The average Bonchev–Trinajstić information content (AvgIpc) is 2.23. The maximum absolute atomic E-state index is 11.3. The van der Waals surface area contributed by atoms with Crippen molar-refractivity contribution in [1.82, 2.24) is 5.32 Å². The zero-order valence-electron chi connectivity index (χ0n) is 9.50. The van der Waals surface area contributed by atoms with Gasteiger partial charge >= 0.3 is 6.09 Å². The molecule has 0 saturated carbocycles. The normalized spacial score (nSPS) is 10.2. The maximum Gasteiger partial charge on any atom is 0.407 e. The van der Waals surface area contributed by atoms with Crippen molar-refractivity contribution >= 4 is 22.0 Å². The summed E-state index contributed by atoms with van der Waals surface area (Å²) in [4.78, 5) is 11.3. The summed E-state index contributed by atoms with van der Waals surface area (Å²) in [5.74, 6) is 0.358. The highest BCUT2D eigenvalue weighted by Gasteiger charge is 2.03. The van der Waals surface area contributed by atoms with E-state index in [-0.39, 0.29) is 6.09 Å². The van der Waals surface area contributed by atoms with Crippen molar-refractivity contribution < 1.29 is 9.53 Å². The summed E-state index contributed by atoms with van der Waals surface area (Å²) in [7, 11) is 0. The monoisotopic (exact) mass is 285 g/mol. The van der Waals surface area contributed by atoms with E-state index in [4.69, 9.17) is 4.74 Å². The number of rotatable bonds is 4. The summed E-state index contributed by atoms with van der Waals surface area (Å²) in [6, 6.07) is 7.79. The van der Waals surface area contributed by atoms with Gasteiger partial charge in [-0.1, -0.05) is 41.9 Å². The van der Waals surface area contributed by atoms with Gasteiger partial charge in [0.15, 0.2) is 0 Å². The zero-order valence-corrected chi connectivity index (χ0v) is 11.1. The van der Waals surface area contributed by atoms with Gasteiger partial charge in [0.2, 0.25) is 0 Å². The maximum atomic E-state index is 11.3. The van der Waals surface area contributed by atoms with Gasteiger partial charge in [0.05, 0.1) is 6.61 Å². The summed E-state index contributed by atoms with van der Waals surface area (Å²) in [6.07, 6.45) is -0.367. The predicted octanol–water partition coefficient (Wildman–Crippen LogP) is 3.33. The van der Waals surface area contributed by atoms with Crippen LogP contribution in [0.15, 0.2) is 28.7 Å². The van der Waals surface area contributed by atoms with Crippen LogP contribution < -0.4 is 5.32 Å². The lowest BCUT2D eigenvalue weighted by Crippen LogP contribution is -2.25. The minimum absolute atomic E-state index is 0.358. The number of benzene rings is 1. The summed E-state index contributed by atoms with van der Waals surface area (Å²) >= 11 is 3.38. The first-order valence-corrected chi connectivity index (χ1v) is 6.02. The van der Waals surface area contributed by atoms with E-state index >= 15 is 0 Å². The van der Waals surface area contributed by atoms with E-state index in [1.807, 2.05) is 38.1 Å². The zero-order chi connectivity index (χ0) is 12.0. The Morgan fingerprint density at radius 1 is 1.50 bits per heavy atom. The average molecular weight is 286 g/mol. The van der Waals surface area contributed by atoms with Crippen molar-refractivity contribution in [3.05, 3.63) is 34.3 Å². The smallest absolute Gasteiger partial charge is 0.407 e. The highest BCUT2D eigenvalue weighted by Crippen LogP contribution is 2.11. The van der Waals surface area contributed by atoms with E-state index in [2.05, 4.69) is 21.2 Å². The van der Waals surface area contributed by atoms with Crippen molar-refractivity contribution in [2.75, 3.05) is 6.61 Å². The Morgan fingerprint density at radius 2 is 2.25 bits per heavy atom. The van der Waals surface area contributed by atoms with Crippen LogP contribution in [0.4, 0.5) is 4.79 Å². The van der Waals surface area contributed by atoms with Gasteiger partial charge in [-0.05, 0) is 23.6 Å². The summed E-state index contributed by atoms with van der Waals surface area (Å²) < 4.78 is 6.00. The highest BCUT2D eigenvalue weighted by atomic mass is 79.9. The number of carbonyl (C=O) groups excluding carboxylic acids is 1. The largest absolute Gasteiger partial charge is 0.449 e. The van der Waals surface area contributed by atoms with Gasteiger partial charge in [0.1, 0.15) is 0 Å². The van der Waals surface area contributed by atoms with Gasteiger partial charge in [-0.25, -0.2) is 4.79 Å². The van der Waals surface area contributed by atoms with Crippen LogP contribution in [0.5, 0.6) is 0 Å². The minimum atomic E-state index is -0.367. The molecule has 0 aromatic heterocycles. The second-order valence-electron chi connectivity index (χ2n) is 3.98. The first-order valence-electron chi connectivity index (χ1n) is 5.23. The molecule has 88 valence electrons. The SMILES string of the molecule is CC(C)COC(=O)NCc1cccc(Br)c1. The fourth-order valence-corrected chi connectivity index (χ4v) is 1.56. The van der Waals surface area contributed by atoms with Crippen LogP contribution in [0.1, 0.15) is 19.4 Å². The lowest BCUT2D eigenvalue weighted by atomic mass is 10.2. The molecule has 0 aliphatic heterocycles. The molecule has 0 unspecified atom stereocenters. The fourth-order valence-electron chi connectivity index (χ4n) is 1.11. The Balaban J connectivity index is 2.31. The molecule has 0 saturated heterocycles. The standard InChI is InChI=1S/C12H16BrNO2/c1-9(2)8-16-12(15)14-7-10-4-3-5-11(13)6-10/h3-6,9H,7-8H2,1-2H3,(H,14,15). The van der Waals surface area contributed by atoms with Crippen molar-refractivity contribution in [2.45, 2.75) is 20.4 Å². The van der Waals surface area contributed by atoms with Crippen molar-refractivity contribution in [3.63, 3.8) is 0 Å². The molecule has 0 atom stereocenters. The molecule has 0 fully saturated rings.